The van der Waals surface area contributed by atoms with Gasteiger partial charge in [-0.15, -0.1) is 0 Å². The fraction of sp³-hybridized carbons (Fsp3) is 0.167. The fourth-order valence-electron chi connectivity index (χ4n) is 3.70. The Labute approximate surface area is 187 Å². The zero-order valence-electron chi connectivity index (χ0n) is 16.8. The molecule has 8 heteroatoms. The van der Waals surface area contributed by atoms with Crippen molar-refractivity contribution >= 4 is 28.4 Å². The van der Waals surface area contributed by atoms with Gasteiger partial charge in [0.15, 0.2) is 0 Å². The van der Waals surface area contributed by atoms with Gasteiger partial charge in [-0.1, -0.05) is 29.8 Å². The standard InChI is InChI=1S/C24H19ClF3N3O/c25-18-4-5-22-20(11-18)21(14-30-22)19(16-2-1-3-17(10-16)24(26,27)28)12-23(32)31-13-15-6-8-29-9-7-15/h1-11,14,19,30H,12-13H2,(H,31,32)/t19-/m0/s1. The number of aromatic nitrogens is 2. The van der Waals surface area contributed by atoms with E-state index in [0.29, 0.717) is 22.7 Å². The molecule has 0 fully saturated rings. The number of nitrogens with one attached hydrogen (secondary N) is 2. The summed E-state index contributed by atoms with van der Waals surface area (Å²) in [6.07, 6.45) is 0.479. The lowest BCUT2D eigenvalue weighted by Gasteiger charge is -2.19. The highest BCUT2D eigenvalue weighted by atomic mass is 35.5. The summed E-state index contributed by atoms with van der Waals surface area (Å²) in [5.74, 6) is -0.873. The maximum atomic E-state index is 13.3. The third kappa shape index (κ3) is 4.94. The summed E-state index contributed by atoms with van der Waals surface area (Å²) in [7, 11) is 0. The molecule has 4 aromatic rings. The highest BCUT2D eigenvalue weighted by molar-refractivity contribution is 6.31. The van der Waals surface area contributed by atoms with E-state index in [9.17, 15) is 18.0 Å². The van der Waals surface area contributed by atoms with E-state index < -0.39 is 17.7 Å². The minimum Gasteiger partial charge on any atom is -0.361 e. The first kappa shape index (κ1) is 21.9. The molecule has 2 aromatic heterocycles. The van der Waals surface area contributed by atoms with E-state index in [0.717, 1.165) is 28.6 Å². The van der Waals surface area contributed by atoms with Gasteiger partial charge in [0.25, 0.3) is 0 Å². The molecule has 0 bridgehead atoms. The van der Waals surface area contributed by atoms with E-state index in [2.05, 4.69) is 15.3 Å². The number of H-pyrrole nitrogens is 1. The Kier molecular flexibility index (Phi) is 6.19. The monoisotopic (exact) mass is 457 g/mol. The van der Waals surface area contributed by atoms with Gasteiger partial charge in [0, 0.05) is 53.4 Å². The number of fused-ring (bicyclic) bond motifs is 1. The Morgan fingerprint density at radius 3 is 2.62 bits per heavy atom. The first-order valence-corrected chi connectivity index (χ1v) is 10.3. The van der Waals surface area contributed by atoms with Gasteiger partial charge < -0.3 is 10.3 Å². The molecule has 4 rings (SSSR count). The second-order valence-electron chi connectivity index (χ2n) is 7.45. The zero-order chi connectivity index (χ0) is 22.7. The molecule has 0 aliphatic rings. The predicted octanol–water partition coefficient (Wildman–Crippen LogP) is 6.07. The molecule has 0 unspecified atom stereocenters. The summed E-state index contributed by atoms with van der Waals surface area (Å²) in [5, 5.41) is 4.11. The van der Waals surface area contributed by atoms with Crippen molar-refractivity contribution in [1.29, 1.82) is 0 Å². The third-order valence-corrected chi connectivity index (χ3v) is 5.53. The molecule has 2 aromatic carbocycles. The minimum atomic E-state index is -4.48. The maximum Gasteiger partial charge on any atom is 0.416 e. The van der Waals surface area contributed by atoms with E-state index >= 15 is 0 Å². The van der Waals surface area contributed by atoms with Crippen molar-refractivity contribution < 1.29 is 18.0 Å². The lowest BCUT2D eigenvalue weighted by molar-refractivity contribution is -0.137. The SMILES string of the molecule is O=C(C[C@@H](c1cccc(C(F)(F)F)c1)c1c[nH]c2ccc(Cl)cc12)NCc1ccncc1. The number of benzene rings is 2. The third-order valence-electron chi connectivity index (χ3n) is 5.30. The van der Waals surface area contributed by atoms with Crippen LogP contribution in [0, 0.1) is 0 Å². The molecule has 0 spiro atoms. The fourth-order valence-corrected chi connectivity index (χ4v) is 3.87. The van der Waals surface area contributed by atoms with Crippen molar-refractivity contribution in [2.24, 2.45) is 0 Å². The highest BCUT2D eigenvalue weighted by Crippen LogP contribution is 2.37. The molecule has 0 aliphatic heterocycles. The van der Waals surface area contributed by atoms with Crippen molar-refractivity contribution in [2.75, 3.05) is 0 Å². The smallest absolute Gasteiger partial charge is 0.361 e. The van der Waals surface area contributed by atoms with Crippen LogP contribution in [0.4, 0.5) is 13.2 Å². The zero-order valence-corrected chi connectivity index (χ0v) is 17.5. The van der Waals surface area contributed by atoms with Crippen LogP contribution >= 0.6 is 11.6 Å². The van der Waals surface area contributed by atoms with E-state index in [1.807, 2.05) is 0 Å². The van der Waals surface area contributed by atoms with Crippen LogP contribution in [-0.4, -0.2) is 15.9 Å². The molecule has 2 heterocycles. The van der Waals surface area contributed by atoms with Gasteiger partial charge in [-0.05, 0) is 53.1 Å². The lowest BCUT2D eigenvalue weighted by atomic mass is 9.87. The normalized spacial score (nSPS) is 12.6. The van der Waals surface area contributed by atoms with Gasteiger partial charge in [-0.2, -0.15) is 13.2 Å². The molecule has 1 amide bonds. The van der Waals surface area contributed by atoms with Crippen molar-refractivity contribution in [3.05, 3.63) is 100 Å². The van der Waals surface area contributed by atoms with Crippen molar-refractivity contribution in [3.8, 4) is 0 Å². The number of hydrogen-bond acceptors (Lipinski definition) is 2. The maximum absolute atomic E-state index is 13.3. The molecule has 0 saturated carbocycles. The average molecular weight is 458 g/mol. The Morgan fingerprint density at radius 2 is 1.88 bits per heavy atom. The number of hydrogen-bond donors (Lipinski definition) is 2. The summed E-state index contributed by atoms with van der Waals surface area (Å²) >= 11 is 6.16. The van der Waals surface area contributed by atoms with E-state index in [1.165, 1.54) is 6.07 Å². The summed E-state index contributed by atoms with van der Waals surface area (Å²) in [6, 6.07) is 13.9. The number of carbonyl (C=O) groups excluding carboxylic acids is 1. The van der Waals surface area contributed by atoms with Crippen LogP contribution in [0.1, 0.15) is 34.6 Å². The number of nitrogens with zero attached hydrogens (tertiary/aromatic N) is 1. The quantitative estimate of drug-likeness (QED) is 0.369. The van der Waals surface area contributed by atoms with Crippen molar-refractivity contribution in [1.82, 2.24) is 15.3 Å². The summed E-state index contributed by atoms with van der Waals surface area (Å²) in [5.41, 5.74) is 2.03. The predicted molar refractivity (Wildman–Crippen MR) is 117 cm³/mol. The van der Waals surface area contributed by atoms with Crippen molar-refractivity contribution in [2.45, 2.75) is 25.1 Å². The first-order chi connectivity index (χ1) is 15.3. The molecule has 32 heavy (non-hydrogen) atoms. The summed E-state index contributed by atoms with van der Waals surface area (Å²) in [6.45, 7) is 0.302. The minimum absolute atomic E-state index is 0.0220. The number of pyridine rings is 1. The largest absolute Gasteiger partial charge is 0.416 e. The van der Waals surface area contributed by atoms with Gasteiger partial charge >= 0.3 is 6.18 Å². The Balaban J connectivity index is 1.68. The number of halogens is 4. The average Bonchev–Trinajstić information content (AvgIpc) is 3.19. The summed E-state index contributed by atoms with van der Waals surface area (Å²) < 4.78 is 40.0. The molecular formula is C24H19ClF3N3O. The second kappa shape index (κ2) is 9.04. The number of carbonyl (C=O) groups is 1. The Bertz CT molecular complexity index is 1240. The second-order valence-corrected chi connectivity index (χ2v) is 7.88. The first-order valence-electron chi connectivity index (χ1n) is 9.90. The Morgan fingerprint density at radius 1 is 1.09 bits per heavy atom. The molecule has 0 saturated heterocycles. The molecule has 1 atom stereocenters. The van der Waals surface area contributed by atoms with E-state index in [-0.39, 0.29) is 12.3 Å². The summed E-state index contributed by atoms with van der Waals surface area (Å²) in [4.78, 5) is 19.9. The molecule has 164 valence electrons. The Hall–Kier alpha value is -3.32. The van der Waals surface area contributed by atoms with E-state index in [4.69, 9.17) is 11.6 Å². The van der Waals surface area contributed by atoms with Crippen LogP contribution in [0.2, 0.25) is 5.02 Å². The van der Waals surface area contributed by atoms with Gasteiger partial charge in [0.05, 0.1) is 5.56 Å². The highest BCUT2D eigenvalue weighted by Gasteiger charge is 2.31. The molecule has 2 N–H and O–H groups in total. The molecule has 0 radical (unpaired) electrons. The van der Waals surface area contributed by atoms with Gasteiger partial charge in [0.1, 0.15) is 0 Å². The molecular weight excluding hydrogens is 439 g/mol. The molecule has 0 aliphatic carbocycles. The van der Waals surface area contributed by atoms with Gasteiger partial charge in [-0.25, -0.2) is 0 Å². The van der Waals surface area contributed by atoms with Gasteiger partial charge in [-0.3, -0.25) is 9.78 Å². The lowest BCUT2D eigenvalue weighted by Crippen LogP contribution is -2.25. The number of aromatic amines is 1. The number of amides is 1. The number of alkyl halides is 3. The van der Waals surface area contributed by atoms with Crippen LogP contribution in [0.5, 0.6) is 0 Å². The van der Waals surface area contributed by atoms with Crippen LogP contribution < -0.4 is 5.32 Å². The van der Waals surface area contributed by atoms with E-state index in [1.54, 1.807) is 55.0 Å². The van der Waals surface area contributed by atoms with Crippen LogP contribution in [0.15, 0.2) is 73.2 Å². The molecule has 4 nitrogen and oxygen atoms in total. The van der Waals surface area contributed by atoms with Crippen LogP contribution in [0.25, 0.3) is 10.9 Å². The van der Waals surface area contributed by atoms with Crippen LogP contribution in [0.3, 0.4) is 0 Å². The van der Waals surface area contributed by atoms with Gasteiger partial charge in [0.2, 0.25) is 5.91 Å². The van der Waals surface area contributed by atoms with Crippen LogP contribution in [-0.2, 0) is 17.5 Å². The number of rotatable bonds is 6. The van der Waals surface area contributed by atoms with Crippen molar-refractivity contribution in [3.63, 3.8) is 0 Å². The topological polar surface area (TPSA) is 57.8 Å².